The van der Waals surface area contributed by atoms with Crippen LogP contribution in [0.2, 0.25) is 0 Å². The minimum atomic E-state index is -4.15. The molecule has 4 fully saturated rings. The molecule has 10 atom stereocenters. The number of aliphatic hydroxyl groups is 2. The Hall–Kier alpha value is 0.650. The molecule has 0 radical (unpaired) electrons. The Labute approximate surface area is 244 Å². The van der Waals surface area contributed by atoms with Gasteiger partial charge < -0.3 is 20.1 Å². The first kappa shape index (κ1) is 32.2. The number of nitrogens with one attached hydrogen (secondary N) is 1. The minimum absolute atomic E-state index is 0. The third-order valence-corrected chi connectivity index (χ3v) is 12.0. The standard InChI is InChI=1S/C27H47F2NO5S.Na/c1-17(6-4-11-30-12-5-13-36(33,34)35)19-7-8-20-24-21(9-10-25(19,20)2)26(3)16-27(28,29)23(32)15-18(26)14-22(24)31;/h17-24,30-32H,4-16H2,1-3H3,(H,33,34,35);/q;+1/p-1/t17-,18-,19-,20+,21+,22+,23-,24+,25-,26+;/m1./s1. The topological polar surface area (TPSA) is 110 Å². The van der Waals surface area contributed by atoms with Crippen molar-refractivity contribution in [1.82, 2.24) is 5.32 Å². The third-order valence-electron chi connectivity index (χ3n) is 11.2. The number of rotatable bonds is 9. The van der Waals surface area contributed by atoms with Gasteiger partial charge in [-0.15, -0.1) is 0 Å². The summed E-state index contributed by atoms with van der Waals surface area (Å²) in [6, 6.07) is 0. The van der Waals surface area contributed by atoms with Gasteiger partial charge in [-0.05, 0) is 117 Å². The summed E-state index contributed by atoms with van der Waals surface area (Å²) in [4.78, 5) is 0. The molecule has 0 bridgehead atoms. The van der Waals surface area contributed by atoms with E-state index in [1.807, 2.05) is 6.92 Å². The van der Waals surface area contributed by atoms with E-state index >= 15 is 0 Å². The Morgan fingerprint density at radius 1 is 1.03 bits per heavy atom. The van der Waals surface area contributed by atoms with Crippen LogP contribution in [0.5, 0.6) is 0 Å². The Kier molecular flexibility index (Phi) is 10.3. The first-order chi connectivity index (χ1) is 16.7. The molecule has 4 aliphatic rings. The van der Waals surface area contributed by atoms with Crippen molar-refractivity contribution in [2.24, 2.45) is 46.3 Å². The fraction of sp³-hybridized carbons (Fsp3) is 1.00. The molecule has 0 heterocycles. The molecule has 0 spiro atoms. The van der Waals surface area contributed by atoms with E-state index in [9.17, 15) is 32.0 Å². The first-order valence-corrected chi connectivity index (χ1v) is 15.6. The summed E-state index contributed by atoms with van der Waals surface area (Å²) >= 11 is 0. The number of aliphatic hydroxyl groups excluding tert-OH is 2. The summed E-state index contributed by atoms with van der Waals surface area (Å²) in [5.41, 5.74) is -0.424. The molecule has 10 heteroatoms. The summed E-state index contributed by atoms with van der Waals surface area (Å²) < 4.78 is 61.5. The molecule has 4 aliphatic carbocycles. The molecule has 3 N–H and O–H groups in total. The second-order valence-corrected chi connectivity index (χ2v) is 14.7. The van der Waals surface area contributed by atoms with Crippen LogP contribution >= 0.6 is 0 Å². The van der Waals surface area contributed by atoms with Crippen LogP contribution in [0.1, 0.15) is 85.0 Å². The Bertz CT molecular complexity index is 894. The maximum Gasteiger partial charge on any atom is 1.00 e. The van der Waals surface area contributed by atoms with Gasteiger partial charge in [0.2, 0.25) is 0 Å². The molecule has 0 aromatic heterocycles. The van der Waals surface area contributed by atoms with Crippen molar-refractivity contribution < 1.29 is 61.5 Å². The van der Waals surface area contributed by atoms with Crippen molar-refractivity contribution in [1.29, 1.82) is 0 Å². The maximum atomic E-state index is 14.7. The van der Waals surface area contributed by atoms with Crippen LogP contribution in [0.25, 0.3) is 0 Å². The summed E-state index contributed by atoms with van der Waals surface area (Å²) in [5, 5.41) is 24.6. The van der Waals surface area contributed by atoms with Crippen LogP contribution in [0.4, 0.5) is 8.78 Å². The number of fused-ring (bicyclic) bond motifs is 5. The minimum Gasteiger partial charge on any atom is -0.748 e. The van der Waals surface area contributed by atoms with Gasteiger partial charge in [0.25, 0.3) is 5.92 Å². The molecule has 0 unspecified atom stereocenters. The van der Waals surface area contributed by atoms with E-state index in [0.29, 0.717) is 37.1 Å². The molecule has 0 aromatic rings. The molecular weight excluding hydrogens is 511 g/mol. The Balaban J connectivity index is 0.00000380. The van der Waals surface area contributed by atoms with Crippen molar-refractivity contribution in [3.05, 3.63) is 0 Å². The quantitative estimate of drug-likeness (QED) is 0.223. The van der Waals surface area contributed by atoms with E-state index in [4.69, 9.17) is 0 Å². The van der Waals surface area contributed by atoms with Gasteiger partial charge in [0, 0.05) is 12.2 Å². The van der Waals surface area contributed by atoms with Crippen molar-refractivity contribution >= 4 is 10.1 Å². The van der Waals surface area contributed by atoms with Gasteiger partial charge in [0.1, 0.15) is 6.10 Å². The zero-order chi connectivity index (χ0) is 26.5. The summed E-state index contributed by atoms with van der Waals surface area (Å²) in [7, 11) is -4.15. The van der Waals surface area contributed by atoms with Gasteiger partial charge in [-0.2, -0.15) is 0 Å². The number of hydrogen-bond acceptors (Lipinski definition) is 6. The molecule has 4 rings (SSSR count). The van der Waals surface area contributed by atoms with E-state index in [1.165, 1.54) is 0 Å². The number of halogens is 2. The molecule has 0 amide bonds. The Morgan fingerprint density at radius 3 is 2.35 bits per heavy atom. The van der Waals surface area contributed by atoms with E-state index in [2.05, 4.69) is 19.2 Å². The van der Waals surface area contributed by atoms with Gasteiger partial charge in [-0.3, -0.25) is 0 Å². The van der Waals surface area contributed by atoms with Crippen LogP contribution in [0.3, 0.4) is 0 Å². The third kappa shape index (κ3) is 6.44. The monoisotopic (exact) mass is 557 g/mol. The second-order valence-electron chi connectivity index (χ2n) is 13.2. The maximum absolute atomic E-state index is 14.7. The predicted octanol–water partition coefficient (Wildman–Crippen LogP) is 1.17. The van der Waals surface area contributed by atoms with Crippen LogP contribution in [0.15, 0.2) is 0 Å². The molecule has 0 aliphatic heterocycles. The second kappa shape index (κ2) is 11.9. The largest absolute Gasteiger partial charge is 1.00 e. The normalized spacial score (nSPS) is 43.7. The van der Waals surface area contributed by atoms with Crippen molar-refractivity contribution in [3.63, 3.8) is 0 Å². The van der Waals surface area contributed by atoms with Crippen LogP contribution in [-0.2, 0) is 10.1 Å². The fourth-order valence-electron chi connectivity index (χ4n) is 9.45. The predicted molar refractivity (Wildman–Crippen MR) is 133 cm³/mol. The smallest absolute Gasteiger partial charge is 0.748 e. The van der Waals surface area contributed by atoms with Crippen LogP contribution in [-0.4, -0.2) is 60.2 Å². The zero-order valence-electron chi connectivity index (χ0n) is 23.1. The molecule has 4 saturated carbocycles. The van der Waals surface area contributed by atoms with E-state index in [-0.39, 0.29) is 71.3 Å². The summed E-state index contributed by atoms with van der Waals surface area (Å²) in [6.07, 6.45) is 4.69. The molecule has 210 valence electrons. The van der Waals surface area contributed by atoms with Crippen molar-refractivity contribution in [2.45, 2.75) is 103 Å². The number of hydrogen-bond donors (Lipinski definition) is 3. The van der Waals surface area contributed by atoms with E-state index < -0.39 is 33.7 Å². The van der Waals surface area contributed by atoms with Crippen molar-refractivity contribution in [3.8, 4) is 0 Å². The molecular formula is C27H46F2NNaO5S. The van der Waals surface area contributed by atoms with Gasteiger partial charge in [0.15, 0.2) is 0 Å². The van der Waals surface area contributed by atoms with Gasteiger partial charge >= 0.3 is 29.6 Å². The molecule has 37 heavy (non-hydrogen) atoms. The number of alkyl halides is 2. The average Bonchev–Trinajstić information content (AvgIpc) is 3.11. The first-order valence-electron chi connectivity index (χ1n) is 14.1. The summed E-state index contributed by atoms with van der Waals surface area (Å²) in [6.45, 7) is 8.02. The van der Waals surface area contributed by atoms with Crippen LogP contribution in [0, 0.1) is 46.3 Å². The molecule has 6 nitrogen and oxygen atoms in total. The van der Waals surface area contributed by atoms with E-state index in [0.717, 1.165) is 45.1 Å². The van der Waals surface area contributed by atoms with Crippen molar-refractivity contribution in [2.75, 3.05) is 18.8 Å². The molecule has 0 aromatic carbocycles. The zero-order valence-corrected chi connectivity index (χ0v) is 25.9. The van der Waals surface area contributed by atoms with Crippen LogP contribution < -0.4 is 34.9 Å². The fourth-order valence-corrected chi connectivity index (χ4v) is 9.95. The van der Waals surface area contributed by atoms with Gasteiger partial charge in [0.05, 0.1) is 16.2 Å². The van der Waals surface area contributed by atoms with E-state index in [1.54, 1.807) is 0 Å². The van der Waals surface area contributed by atoms with Gasteiger partial charge in [-0.25, -0.2) is 17.2 Å². The molecule has 0 saturated heterocycles. The SMILES string of the molecule is C[C@H](CCCNCCCS(=O)(=O)[O-])[C@H]1CC[C@H]2[C@@H]3[C@@H](O)C[C@@H]4C[C@@H](O)C(F)(F)C[C@]4(C)[C@H]3CC[C@]12C.[Na+]. The average molecular weight is 558 g/mol. The summed E-state index contributed by atoms with van der Waals surface area (Å²) in [5.74, 6) is -1.88. The Morgan fingerprint density at radius 2 is 1.68 bits per heavy atom. The van der Waals surface area contributed by atoms with Gasteiger partial charge in [-0.1, -0.05) is 20.8 Å².